The summed E-state index contributed by atoms with van der Waals surface area (Å²) in [7, 11) is 0. The molecule has 1 aliphatic rings. The van der Waals surface area contributed by atoms with Crippen LogP contribution in [-0.2, 0) is 17.9 Å². The van der Waals surface area contributed by atoms with Gasteiger partial charge in [-0.05, 0) is 49.2 Å². The summed E-state index contributed by atoms with van der Waals surface area (Å²) < 4.78 is 7.36. The molecular weight excluding hydrogens is 470 g/mol. The van der Waals surface area contributed by atoms with Gasteiger partial charge >= 0.3 is 5.97 Å². The fraction of sp³-hybridized carbons (Fsp3) is 0.286. The quantitative estimate of drug-likeness (QED) is 0.356. The maximum Gasteiger partial charge on any atom is 0.303 e. The molecule has 4 aromatic rings. The van der Waals surface area contributed by atoms with Gasteiger partial charge in [-0.2, -0.15) is 0 Å². The highest BCUT2D eigenvalue weighted by atomic mass is 16.5. The lowest BCUT2D eigenvalue weighted by Crippen LogP contribution is -2.46. The minimum Gasteiger partial charge on any atom is -0.481 e. The van der Waals surface area contributed by atoms with Gasteiger partial charge in [0.05, 0.1) is 18.7 Å². The van der Waals surface area contributed by atoms with E-state index in [9.17, 15) is 9.90 Å². The van der Waals surface area contributed by atoms with Crippen molar-refractivity contribution in [2.45, 2.75) is 32.5 Å². The van der Waals surface area contributed by atoms with Crippen LogP contribution >= 0.6 is 0 Å². The minimum absolute atomic E-state index is 0.233. The summed E-state index contributed by atoms with van der Waals surface area (Å²) in [4.78, 5) is 21.6. The summed E-state index contributed by atoms with van der Waals surface area (Å²) in [5.74, 6) is 7.05. The van der Waals surface area contributed by atoms with E-state index in [0.29, 0.717) is 18.1 Å². The molecule has 188 valence electrons. The van der Waals surface area contributed by atoms with E-state index in [4.69, 9.17) is 9.63 Å². The zero-order valence-corrected chi connectivity index (χ0v) is 20.4. The highest BCUT2D eigenvalue weighted by Crippen LogP contribution is 2.23. The minimum atomic E-state index is -0.735. The molecule has 1 atom stereocenters. The predicted molar refractivity (Wildman–Crippen MR) is 135 cm³/mol. The van der Waals surface area contributed by atoms with Crippen molar-refractivity contribution in [2.75, 3.05) is 13.1 Å². The molecule has 1 aromatic carbocycles. The average Bonchev–Trinajstić information content (AvgIpc) is 3.52. The zero-order valence-electron chi connectivity index (χ0n) is 20.4. The molecule has 5 rings (SSSR count). The smallest absolute Gasteiger partial charge is 0.303 e. The normalized spacial score (nSPS) is 14.5. The number of hydrogen-bond acceptors (Lipinski definition) is 7. The number of carboxylic acid groups (broad SMARTS) is 1. The van der Waals surface area contributed by atoms with Gasteiger partial charge in [0.1, 0.15) is 17.6 Å². The van der Waals surface area contributed by atoms with Crippen molar-refractivity contribution in [3.05, 3.63) is 89.4 Å². The second-order valence-electron chi connectivity index (χ2n) is 9.30. The van der Waals surface area contributed by atoms with E-state index in [2.05, 4.69) is 31.9 Å². The molecular formula is C28H27N5O4. The Labute approximate surface area is 214 Å². The van der Waals surface area contributed by atoms with Gasteiger partial charge in [0.15, 0.2) is 5.76 Å². The number of carbonyl (C=O) groups is 1. The van der Waals surface area contributed by atoms with Crippen molar-refractivity contribution in [1.82, 2.24) is 24.6 Å². The Morgan fingerprint density at radius 2 is 1.84 bits per heavy atom. The first-order chi connectivity index (χ1) is 17.9. The van der Waals surface area contributed by atoms with Gasteiger partial charge in [0.25, 0.3) is 0 Å². The molecule has 37 heavy (non-hydrogen) atoms. The van der Waals surface area contributed by atoms with Crippen molar-refractivity contribution in [1.29, 1.82) is 0 Å². The zero-order chi connectivity index (χ0) is 25.8. The van der Waals surface area contributed by atoms with E-state index < -0.39 is 12.1 Å². The molecule has 0 amide bonds. The van der Waals surface area contributed by atoms with Crippen LogP contribution in [0.25, 0.3) is 11.3 Å². The molecule has 9 heteroatoms. The van der Waals surface area contributed by atoms with Gasteiger partial charge in [-0.3, -0.25) is 14.7 Å². The Bertz CT molecular complexity index is 1420. The van der Waals surface area contributed by atoms with E-state index in [-0.39, 0.29) is 12.3 Å². The lowest BCUT2D eigenvalue weighted by atomic mass is 9.96. The number of aliphatic hydroxyl groups is 1. The number of aliphatic carboxylic acids is 1. The van der Waals surface area contributed by atoms with Gasteiger partial charge in [-0.25, -0.2) is 4.98 Å². The SMILES string of the molecule is CC(O)c1nccn1Cc1cc(-c2ccc(C#Cc3ccc(CN4CC(CC(=O)O)C4)nc3)cc2)on1. The van der Waals surface area contributed by atoms with Gasteiger partial charge in [0.2, 0.25) is 0 Å². The summed E-state index contributed by atoms with van der Waals surface area (Å²) in [5, 5.41) is 22.8. The maximum absolute atomic E-state index is 10.8. The second-order valence-corrected chi connectivity index (χ2v) is 9.30. The van der Waals surface area contributed by atoms with Crippen molar-refractivity contribution >= 4 is 5.97 Å². The number of rotatable bonds is 8. The molecule has 4 heterocycles. The third kappa shape index (κ3) is 6.12. The Balaban J connectivity index is 1.16. The van der Waals surface area contributed by atoms with E-state index >= 15 is 0 Å². The molecule has 0 saturated carbocycles. The summed E-state index contributed by atoms with van der Waals surface area (Å²) in [6, 6.07) is 13.6. The molecule has 0 spiro atoms. The van der Waals surface area contributed by atoms with Crippen molar-refractivity contribution in [3.63, 3.8) is 0 Å². The monoisotopic (exact) mass is 497 g/mol. The first-order valence-electron chi connectivity index (χ1n) is 12.1. The Hall–Kier alpha value is -4.26. The van der Waals surface area contributed by atoms with Crippen molar-refractivity contribution in [2.24, 2.45) is 5.92 Å². The molecule has 2 N–H and O–H groups in total. The standard InChI is InChI=1S/C28H27N5O4/c1-19(34)28-29-10-11-33(28)18-25-13-26(37-31-25)23-7-4-20(5-8-23)2-3-21-6-9-24(30-14-21)17-32-15-22(16-32)12-27(35)36/h4-11,13-14,19,22,34H,12,15-18H2,1H3,(H,35,36). The summed E-state index contributed by atoms with van der Waals surface area (Å²) in [6.07, 6.45) is 4.80. The molecule has 1 unspecified atom stereocenters. The molecule has 1 fully saturated rings. The number of nitrogens with zero attached hydrogens (tertiary/aromatic N) is 5. The van der Waals surface area contributed by atoms with E-state index in [0.717, 1.165) is 47.7 Å². The molecule has 9 nitrogen and oxygen atoms in total. The largest absolute Gasteiger partial charge is 0.481 e. The molecule has 0 aliphatic carbocycles. The number of likely N-dealkylation sites (tertiary alicyclic amines) is 1. The molecule has 0 radical (unpaired) electrons. The van der Waals surface area contributed by atoms with Gasteiger partial charge in [0, 0.05) is 61.0 Å². The lowest BCUT2D eigenvalue weighted by Gasteiger charge is -2.38. The Morgan fingerprint density at radius 3 is 2.54 bits per heavy atom. The number of carboxylic acids is 1. The summed E-state index contributed by atoms with van der Waals surface area (Å²) in [5.41, 5.74) is 4.29. The van der Waals surface area contributed by atoms with E-state index in [1.165, 1.54) is 0 Å². The topological polar surface area (TPSA) is 118 Å². The highest BCUT2D eigenvalue weighted by molar-refractivity contribution is 5.67. The number of aliphatic hydroxyl groups excluding tert-OH is 1. The number of pyridine rings is 1. The van der Waals surface area contributed by atoms with Crippen LogP contribution in [0.4, 0.5) is 0 Å². The number of aromatic nitrogens is 4. The highest BCUT2D eigenvalue weighted by Gasteiger charge is 2.28. The van der Waals surface area contributed by atoms with E-state index in [1.807, 2.05) is 47.0 Å². The third-order valence-electron chi connectivity index (χ3n) is 6.24. The first-order valence-corrected chi connectivity index (χ1v) is 12.1. The fourth-order valence-corrected chi connectivity index (χ4v) is 4.38. The van der Waals surface area contributed by atoms with Crippen LogP contribution in [0.15, 0.2) is 65.6 Å². The van der Waals surface area contributed by atoms with E-state index in [1.54, 1.807) is 25.5 Å². The van der Waals surface area contributed by atoms with Gasteiger partial charge < -0.3 is 19.3 Å². The molecule has 3 aromatic heterocycles. The fourth-order valence-electron chi connectivity index (χ4n) is 4.38. The summed E-state index contributed by atoms with van der Waals surface area (Å²) in [6.45, 7) is 4.46. The van der Waals surface area contributed by atoms with Crippen LogP contribution in [0.1, 0.15) is 47.8 Å². The average molecular weight is 498 g/mol. The predicted octanol–water partition coefficient (Wildman–Crippen LogP) is 3.34. The maximum atomic E-state index is 10.8. The van der Waals surface area contributed by atoms with Crippen LogP contribution in [-0.4, -0.2) is 53.9 Å². The number of benzene rings is 1. The molecule has 0 bridgehead atoms. The first kappa shape index (κ1) is 24.4. The summed E-state index contributed by atoms with van der Waals surface area (Å²) >= 11 is 0. The van der Waals surface area contributed by atoms with Gasteiger partial charge in [-0.1, -0.05) is 17.0 Å². The number of hydrogen-bond donors (Lipinski definition) is 2. The van der Waals surface area contributed by atoms with Crippen LogP contribution in [0.3, 0.4) is 0 Å². The van der Waals surface area contributed by atoms with Crippen LogP contribution in [0.2, 0.25) is 0 Å². The second kappa shape index (κ2) is 10.8. The van der Waals surface area contributed by atoms with Gasteiger partial charge in [-0.15, -0.1) is 0 Å². The third-order valence-corrected chi connectivity index (χ3v) is 6.24. The Morgan fingerprint density at radius 1 is 1.08 bits per heavy atom. The Kier molecular flexibility index (Phi) is 7.12. The van der Waals surface area contributed by atoms with Crippen molar-refractivity contribution in [3.8, 4) is 23.2 Å². The molecule has 1 aliphatic heterocycles. The number of imidazole rings is 1. The van der Waals surface area contributed by atoms with Crippen molar-refractivity contribution < 1.29 is 19.5 Å². The van der Waals surface area contributed by atoms with Crippen LogP contribution in [0.5, 0.6) is 0 Å². The lowest BCUT2D eigenvalue weighted by molar-refractivity contribution is -0.139. The van der Waals surface area contributed by atoms with Crippen LogP contribution in [0, 0.1) is 17.8 Å². The molecule has 1 saturated heterocycles. The van der Waals surface area contributed by atoms with Crippen LogP contribution < -0.4 is 0 Å².